The van der Waals surface area contributed by atoms with Crippen molar-refractivity contribution in [2.75, 3.05) is 0 Å². The van der Waals surface area contributed by atoms with Crippen molar-refractivity contribution < 1.29 is 17.6 Å². The number of rotatable bonds is 1. The van der Waals surface area contributed by atoms with Crippen LogP contribution in [-0.2, 0) is 0 Å². The molecule has 6 heteroatoms. The van der Waals surface area contributed by atoms with E-state index < -0.39 is 28.9 Å². The Morgan fingerprint density at radius 1 is 1.33 bits per heavy atom. The number of hydrogen-bond acceptors (Lipinski definition) is 1. The molecule has 0 spiro atoms. The number of alkyl halides is 2. The van der Waals surface area contributed by atoms with Crippen molar-refractivity contribution in [3.8, 4) is 0 Å². The average molecular weight is 200 g/mol. The SMILES string of the molecule is Fc1cc(C(F)F)c(Cl)c(F)n1. The van der Waals surface area contributed by atoms with Gasteiger partial charge in [0.15, 0.2) is 0 Å². The molecule has 0 saturated heterocycles. The molecule has 0 amide bonds. The highest BCUT2D eigenvalue weighted by molar-refractivity contribution is 6.31. The normalized spacial score (nSPS) is 10.8. The second-order valence-corrected chi connectivity index (χ2v) is 2.32. The first kappa shape index (κ1) is 9.25. The lowest BCUT2D eigenvalue weighted by molar-refractivity contribution is 0.150. The van der Waals surface area contributed by atoms with Gasteiger partial charge in [-0.3, -0.25) is 0 Å². The molecule has 66 valence electrons. The van der Waals surface area contributed by atoms with Crippen LogP contribution in [0.25, 0.3) is 0 Å². The first-order chi connectivity index (χ1) is 5.52. The largest absolute Gasteiger partial charge is 0.265 e. The van der Waals surface area contributed by atoms with Crippen LogP contribution in [0.15, 0.2) is 6.07 Å². The van der Waals surface area contributed by atoms with Gasteiger partial charge in [0.25, 0.3) is 6.43 Å². The van der Waals surface area contributed by atoms with Gasteiger partial charge in [0.2, 0.25) is 11.9 Å². The maximum absolute atomic E-state index is 12.4. The molecule has 0 aliphatic heterocycles. The molecule has 0 aromatic carbocycles. The van der Waals surface area contributed by atoms with Crippen LogP contribution < -0.4 is 0 Å². The van der Waals surface area contributed by atoms with Gasteiger partial charge in [-0.15, -0.1) is 0 Å². The molecule has 0 fully saturated rings. The van der Waals surface area contributed by atoms with Crippen molar-refractivity contribution in [3.63, 3.8) is 0 Å². The van der Waals surface area contributed by atoms with Crippen LogP contribution in [0.1, 0.15) is 12.0 Å². The van der Waals surface area contributed by atoms with E-state index in [1.165, 1.54) is 0 Å². The summed E-state index contributed by atoms with van der Waals surface area (Å²) in [4.78, 5) is 2.62. The third-order valence-corrected chi connectivity index (χ3v) is 1.52. The summed E-state index contributed by atoms with van der Waals surface area (Å²) in [6, 6.07) is 0.399. The summed E-state index contributed by atoms with van der Waals surface area (Å²) in [6.45, 7) is 0. The number of pyridine rings is 1. The van der Waals surface area contributed by atoms with Crippen molar-refractivity contribution in [2.45, 2.75) is 6.43 Å². The molecule has 0 aliphatic carbocycles. The van der Waals surface area contributed by atoms with Gasteiger partial charge in [-0.05, 0) is 0 Å². The summed E-state index contributed by atoms with van der Waals surface area (Å²) in [6.07, 6.45) is -3.01. The minimum Gasteiger partial charge on any atom is -0.205 e. The van der Waals surface area contributed by atoms with Crippen molar-refractivity contribution in [1.29, 1.82) is 0 Å². The summed E-state index contributed by atoms with van der Waals surface area (Å²) in [5.74, 6) is -2.74. The number of aromatic nitrogens is 1. The molecule has 12 heavy (non-hydrogen) atoms. The van der Waals surface area contributed by atoms with Crippen LogP contribution in [0, 0.1) is 11.9 Å². The molecule has 0 bridgehead atoms. The Kier molecular flexibility index (Phi) is 2.52. The van der Waals surface area contributed by atoms with Gasteiger partial charge in [-0.25, -0.2) is 8.78 Å². The maximum atomic E-state index is 12.4. The van der Waals surface area contributed by atoms with Gasteiger partial charge < -0.3 is 0 Å². The first-order valence-electron chi connectivity index (χ1n) is 2.82. The third kappa shape index (κ3) is 1.66. The zero-order valence-corrected chi connectivity index (χ0v) is 6.25. The summed E-state index contributed by atoms with van der Waals surface area (Å²) in [5.41, 5.74) is -0.887. The van der Waals surface area contributed by atoms with E-state index in [0.717, 1.165) is 0 Å². The molecule has 0 saturated carbocycles. The minimum atomic E-state index is -3.01. The molecular weight excluding hydrogens is 198 g/mol. The van der Waals surface area contributed by atoms with Crippen LogP contribution in [0.4, 0.5) is 17.6 Å². The number of halogens is 5. The van der Waals surface area contributed by atoms with E-state index in [1.807, 2.05) is 0 Å². The zero-order chi connectivity index (χ0) is 9.30. The van der Waals surface area contributed by atoms with E-state index in [1.54, 1.807) is 0 Å². The van der Waals surface area contributed by atoms with E-state index in [9.17, 15) is 17.6 Å². The zero-order valence-electron chi connectivity index (χ0n) is 5.49. The Labute approximate surface area is 70.0 Å². The summed E-state index contributed by atoms with van der Waals surface area (Å²) < 4.78 is 48.5. The Hall–Kier alpha value is -0.840. The highest BCUT2D eigenvalue weighted by Gasteiger charge is 2.17. The van der Waals surface area contributed by atoms with E-state index >= 15 is 0 Å². The van der Waals surface area contributed by atoms with Crippen molar-refractivity contribution in [2.24, 2.45) is 0 Å². The van der Waals surface area contributed by atoms with Gasteiger partial charge in [0.1, 0.15) is 5.02 Å². The van der Waals surface area contributed by atoms with E-state index in [4.69, 9.17) is 11.6 Å². The predicted octanol–water partition coefficient (Wildman–Crippen LogP) is 2.95. The van der Waals surface area contributed by atoms with Crippen LogP contribution in [0.5, 0.6) is 0 Å². The summed E-state index contributed by atoms with van der Waals surface area (Å²) in [7, 11) is 0. The highest BCUT2D eigenvalue weighted by Crippen LogP contribution is 2.28. The molecule has 0 unspecified atom stereocenters. The van der Waals surface area contributed by atoms with Gasteiger partial charge in [-0.2, -0.15) is 13.8 Å². The highest BCUT2D eigenvalue weighted by atomic mass is 35.5. The molecule has 1 aromatic rings. The van der Waals surface area contributed by atoms with Crippen LogP contribution in [0.2, 0.25) is 5.02 Å². The molecule has 1 rings (SSSR count). The lowest BCUT2D eigenvalue weighted by Gasteiger charge is -2.02. The summed E-state index contributed by atoms with van der Waals surface area (Å²) in [5, 5.41) is -0.841. The minimum absolute atomic E-state index is 0.399. The van der Waals surface area contributed by atoms with E-state index in [-0.39, 0.29) is 0 Å². The predicted molar refractivity (Wildman–Crippen MR) is 34.1 cm³/mol. The van der Waals surface area contributed by atoms with Crippen molar-refractivity contribution in [3.05, 3.63) is 28.5 Å². The van der Waals surface area contributed by atoms with Crippen LogP contribution in [-0.4, -0.2) is 4.98 Å². The molecular formula is C6H2ClF4N. The Bertz CT molecular complexity index is 302. The second-order valence-electron chi connectivity index (χ2n) is 1.94. The van der Waals surface area contributed by atoms with E-state index in [2.05, 4.69) is 4.98 Å². The second kappa shape index (κ2) is 3.26. The molecule has 1 nitrogen and oxygen atoms in total. The third-order valence-electron chi connectivity index (χ3n) is 1.15. The van der Waals surface area contributed by atoms with Gasteiger partial charge in [0.05, 0.1) is 0 Å². The van der Waals surface area contributed by atoms with Gasteiger partial charge >= 0.3 is 0 Å². The summed E-state index contributed by atoms with van der Waals surface area (Å²) >= 11 is 5.08. The van der Waals surface area contributed by atoms with Crippen LogP contribution >= 0.6 is 11.6 Å². The number of hydrogen-bond donors (Lipinski definition) is 0. The number of nitrogens with zero attached hydrogens (tertiary/aromatic N) is 1. The first-order valence-corrected chi connectivity index (χ1v) is 3.19. The Morgan fingerprint density at radius 2 is 1.92 bits per heavy atom. The fourth-order valence-corrected chi connectivity index (χ4v) is 0.824. The Balaban J connectivity index is 3.28. The fourth-order valence-electron chi connectivity index (χ4n) is 0.645. The van der Waals surface area contributed by atoms with Gasteiger partial charge in [-0.1, -0.05) is 11.6 Å². The standard InChI is InChI=1S/C6H2ClF4N/c7-4-2(5(9)10)1-3(8)12-6(4)11/h1,5H. The van der Waals surface area contributed by atoms with Crippen molar-refractivity contribution in [1.82, 2.24) is 4.98 Å². The smallest absolute Gasteiger partial charge is 0.205 e. The van der Waals surface area contributed by atoms with Gasteiger partial charge in [0, 0.05) is 11.6 Å². The molecule has 0 radical (unpaired) electrons. The molecule has 1 aromatic heterocycles. The Morgan fingerprint density at radius 3 is 2.42 bits per heavy atom. The fraction of sp³-hybridized carbons (Fsp3) is 0.167. The monoisotopic (exact) mass is 199 g/mol. The molecule has 1 heterocycles. The average Bonchev–Trinajstić information content (AvgIpc) is 1.96. The van der Waals surface area contributed by atoms with E-state index in [0.29, 0.717) is 6.07 Å². The maximum Gasteiger partial charge on any atom is 0.265 e. The molecule has 0 atom stereocenters. The van der Waals surface area contributed by atoms with Crippen LogP contribution in [0.3, 0.4) is 0 Å². The quantitative estimate of drug-likeness (QED) is 0.501. The molecule has 0 N–H and O–H groups in total. The lowest BCUT2D eigenvalue weighted by Crippen LogP contribution is -1.96. The topological polar surface area (TPSA) is 12.9 Å². The van der Waals surface area contributed by atoms with Crippen molar-refractivity contribution >= 4 is 11.6 Å². The lowest BCUT2D eigenvalue weighted by atomic mass is 10.3. The molecule has 0 aliphatic rings.